The Bertz CT molecular complexity index is 1120. The van der Waals surface area contributed by atoms with Crippen molar-refractivity contribution in [1.29, 1.82) is 0 Å². The summed E-state index contributed by atoms with van der Waals surface area (Å²) in [6.07, 6.45) is 12.6. The molecule has 2 aliphatic rings. The van der Waals surface area contributed by atoms with Crippen LogP contribution in [-0.2, 0) is 11.3 Å². The molecule has 0 radical (unpaired) electrons. The van der Waals surface area contributed by atoms with Crippen LogP contribution in [0.3, 0.4) is 0 Å². The van der Waals surface area contributed by atoms with Gasteiger partial charge in [0.2, 0.25) is 11.8 Å². The quantitative estimate of drug-likeness (QED) is 0.602. The summed E-state index contributed by atoms with van der Waals surface area (Å²) in [6.45, 7) is 2.99. The normalized spacial score (nSPS) is 19.7. The van der Waals surface area contributed by atoms with Gasteiger partial charge in [0.15, 0.2) is 12.4 Å². The van der Waals surface area contributed by atoms with Gasteiger partial charge in [-0.15, -0.1) is 0 Å². The Morgan fingerprint density at radius 2 is 1.93 bits per heavy atom. The number of fused-ring (bicyclic) bond motifs is 1. The summed E-state index contributed by atoms with van der Waals surface area (Å²) >= 11 is 0. The molecule has 0 fully saturated rings. The SMILES string of the molecule is CC1=CC2=C(CC1)CCC([n+]1ccc3c(ccn3Cc3ccccc3)c1)C2=O. The first-order valence-electron chi connectivity index (χ1n) is 10.2. The monoisotopic (exact) mass is 369 g/mol. The first kappa shape index (κ1) is 17.2. The maximum absolute atomic E-state index is 13.2. The van der Waals surface area contributed by atoms with Gasteiger partial charge >= 0.3 is 0 Å². The standard InChI is InChI=1S/C25H25N2O/c1-18-7-8-20-9-10-24(25(28)22(20)15-18)27-14-12-23-21(17-27)11-13-26(23)16-19-5-3-2-4-6-19/h2-6,11-15,17,24H,7-10,16H2,1H3/q+1. The summed E-state index contributed by atoms with van der Waals surface area (Å²) in [5.41, 5.74) is 6.16. The fourth-order valence-electron chi connectivity index (χ4n) is 4.59. The molecule has 5 rings (SSSR count). The molecule has 28 heavy (non-hydrogen) atoms. The number of Topliss-reactive ketones (excluding diaryl/α,β-unsaturated/α-hetero) is 1. The van der Waals surface area contributed by atoms with Gasteiger partial charge in [-0.05, 0) is 37.8 Å². The van der Waals surface area contributed by atoms with Crippen molar-refractivity contribution in [3.8, 4) is 0 Å². The van der Waals surface area contributed by atoms with Crippen LogP contribution in [0.4, 0.5) is 0 Å². The highest BCUT2D eigenvalue weighted by molar-refractivity contribution is 6.01. The van der Waals surface area contributed by atoms with E-state index in [2.05, 4.69) is 77.1 Å². The minimum Gasteiger partial charge on any atom is -0.343 e. The van der Waals surface area contributed by atoms with E-state index in [4.69, 9.17) is 0 Å². The lowest BCUT2D eigenvalue weighted by Gasteiger charge is -2.25. The van der Waals surface area contributed by atoms with Crippen LogP contribution >= 0.6 is 0 Å². The van der Waals surface area contributed by atoms with Crippen molar-refractivity contribution in [3.05, 3.63) is 89.4 Å². The van der Waals surface area contributed by atoms with Gasteiger partial charge in [-0.3, -0.25) is 4.79 Å². The number of benzene rings is 1. The van der Waals surface area contributed by atoms with Gasteiger partial charge in [0.1, 0.15) is 0 Å². The molecule has 1 atom stereocenters. The van der Waals surface area contributed by atoms with Crippen molar-refractivity contribution in [2.75, 3.05) is 0 Å². The zero-order valence-corrected chi connectivity index (χ0v) is 16.3. The zero-order valence-electron chi connectivity index (χ0n) is 16.3. The molecule has 2 aromatic heterocycles. The molecule has 1 unspecified atom stereocenters. The van der Waals surface area contributed by atoms with Crippen LogP contribution in [-0.4, -0.2) is 10.4 Å². The molecule has 2 heterocycles. The summed E-state index contributed by atoms with van der Waals surface area (Å²) < 4.78 is 4.39. The Kier molecular flexibility index (Phi) is 4.23. The van der Waals surface area contributed by atoms with Gasteiger partial charge in [-0.2, -0.15) is 4.57 Å². The Morgan fingerprint density at radius 3 is 2.79 bits per heavy atom. The lowest BCUT2D eigenvalue weighted by atomic mass is 9.80. The number of nitrogens with zero attached hydrogens (tertiary/aromatic N) is 2. The van der Waals surface area contributed by atoms with Crippen molar-refractivity contribution < 1.29 is 9.36 Å². The fourth-order valence-corrected chi connectivity index (χ4v) is 4.59. The molecule has 140 valence electrons. The highest BCUT2D eigenvalue weighted by atomic mass is 16.1. The average Bonchev–Trinajstić information content (AvgIpc) is 3.11. The molecule has 1 aromatic carbocycles. The Hall–Kier alpha value is -2.94. The van der Waals surface area contributed by atoms with E-state index in [0.29, 0.717) is 0 Å². The molecule has 0 amide bonds. The predicted molar refractivity (Wildman–Crippen MR) is 111 cm³/mol. The van der Waals surface area contributed by atoms with Gasteiger partial charge in [0.05, 0.1) is 10.9 Å². The van der Waals surface area contributed by atoms with Crippen LogP contribution in [0.1, 0.15) is 44.2 Å². The molecule has 0 spiro atoms. The van der Waals surface area contributed by atoms with Crippen LogP contribution in [0, 0.1) is 0 Å². The van der Waals surface area contributed by atoms with E-state index >= 15 is 0 Å². The van der Waals surface area contributed by atoms with E-state index < -0.39 is 0 Å². The van der Waals surface area contributed by atoms with E-state index in [1.807, 2.05) is 6.07 Å². The van der Waals surface area contributed by atoms with Crippen LogP contribution < -0.4 is 4.57 Å². The third kappa shape index (κ3) is 3.01. The molecule has 0 saturated carbocycles. The van der Waals surface area contributed by atoms with E-state index in [1.165, 1.54) is 27.6 Å². The van der Waals surface area contributed by atoms with Gasteiger partial charge in [0.25, 0.3) is 0 Å². The highest BCUT2D eigenvalue weighted by Gasteiger charge is 2.36. The molecule has 0 aliphatic heterocycles. The Labute approximate surface area is 165 Å². The van der Waals surface area contributed by atoms with Crippen LogP contribution in [0.25, 0.3) is 10.9 Å². The van der Waals surface area contributed by atoms with Crippen molar-refractivity contribution in [1.82, 2.24) is 4.57 Å². The van der Waals surface area contributed by atoms with Crippen molar-refractivity contribution in [2.24, 2.45) is 0 Å². The first-order chi connectivity index (χ1) is 13.7. The zero-order chi connectivity index (χ0) is 19.1. The van der Waals surface area contributed by atoms with Crippen LogP contribution in [0.5, 0.6) is 0 Å². The molecule has 0 saturated heterocycles. The molecule has 3 heteroatoms. The number of pyridine rings is 1. The second-order valence-electron chi connectivity index (χ2n) is 8.09. The number of aromatic nitrogens is 2. The number of carbonyl (C=O) groups is 1. The first-order valence-corrected chi connectivity index (χ1v) is 10.2. The Balaban J connectivity index is 1.45. The molecule has 0 bridgehead atoms. The molecular formula is C25H25N2O+. The third-order valence-electron chi connectivity index (χ3n) is 6.17. The molecule has 3 nitrogen and oxygen atoms in total. The van der Waals surface area contributed by atoms with Crippen molar-refractivity contribution in [3.63, 3.8) is 0 Å². The van der Waals surface area contributed by atoms with Crippen LogP contribution in [0.15, 0.2) is 83.9 Å². The summed E-state index contributed by atoms with van der Waals surface area (Å²) in [5.74, 6) is 0.286. The fraction of sp³-hybridized carbons (Fsp3) is 0.280. The third-order valence-corrected chi connectivity index (χ3v) is 6.17. The van der Waals surface area contributed by atoms with Gasteiger partial charge in [-0.25, -0.2) is 0 Å². The van der Waals surface area contributed by atoms with Gasteiger partial charge < -0.3 is 4.57 Å². The maximum Gasteiger partial charge on any atom is 0.230 e. The molecule has 0 N–H and O–H groups in total. The number of carbonyl (C=O) groups excluding carboxylic acids is 1. The number of hydrogen-bond acceptors (Lipinski definition) is 1. The topological polar surface area (TPSA) is 25.9 Å². The van der Waals surface area contributed by atoms with Crippen molar-refractivity contribution >= 4 is 16.7 Å². The summed E-state index contributed by atoms with van der Waals surface area (Å²) in [5, 5.41) is 1.18. The second kappa shape index (κ2) is 6.90. The van der Waals surface area contributed by atoms with E-state index in [0.717, 1.165) is 37.8 Å². The average molecular weight is 369 g/mol. The smallest absolute Gasteiger partial charge is 0.230 e. The highest BCUT2D eigenvalue weighted by Crippen LogP contribution is 2.35. The van der Waals surface area contributed by atoms with Gasteiger partial charge in [0, 0.05) is 30.8 Å². The number of allylic oxidation sites excluding steroid dienone is 4. The number of ketones is 1. The van der Waals surface area contributed by atoms with E-state index in [9.17, 15) is 4.79 Å². The largest absolute Gasteiger partial charge is 0.343 e. The molecule has 3 aromatic rings. The minimum absolute atomic E-state index is 0.0808. The Morgan fingerprint density at radius 1 is 1.07 bits per heavy atom. The number of rotatable bonds is 3. The molecule has 2 aliphatic carbocycles. The maximum atomic E-state index is 13.2. The predicted octanol–water partition coefficient (Wildman–Crippen LogP) is 4.92. The van der Waals surface area contributed by atoms with Crippen LogP contribution in [0.2, 0.25) is 0 Å². The number of hydrogen-bond donors (Lipinski definition) is 0. The molecular weight excluding hydrogens is 344 g/mol. The lowest BCUT2D eigenvalue weighted by Crippen LogP contribution is -2.45. The summed E-state index contributed by atoms with van der Waals surface area (Å²) in [7, 11) is 0. The van der Waals surface area contributed by atoms with Gasteiger partial charge in [-0.1, -0.05) is 47.6 Å². The lowest BCUT2D eigenvalue weighted by molar-refractivity contribution is -0.708. The second-order valence-corrected chi connectivity index (χ2v) is 8.09. The van der Waals surface area contributed by atoms with E-state index in [-0.39, 0.29) is 11.8 Å². The minimum atomic E-state index is -0.0808. The van der Waals surface area contributed by atoms with Crippen molar-refractivity contribution in [2.45, 2.75) is 45.2 Å². The van der Waals surface area contributed by atoms with E-state index in [1.54, 1.807) is 0 Å². The summed E-state index contributed by atoms with van der Waals surface area (Å²) in [4.78, 5) is 13.2. The summed E-state index contributed by atoms with van der Waals surface area (Å²) in [6, 6.07) is 14.7.